The van der Waals surface area contributed by atoms with Crippen molar-refractivity contribution in [2.24, 2.45) is 0 Å². The lowest BCUT2D eigenvalue weighted by Gasteiger charge is -2.05. The van der Waals surface area contributed by atoms with E-state index in [9.17, 15) is 4.79 Å². The fourth-order valence-electron chi connectivity index (χ4n) is 1.61. The molecule has 0 fully saturated rings. The van der Waals surface area contributed by atoms with Gasteiger partial charge in [0.15, 0.2) is 11.5 Å². The van der Waals surface area contributed by atoms with Gasteiger partial charge in [-0.1, -0.05) is 41.3 Å². The largest absolute Gasteiger partial charge is 0.409 e. The Labute approximate surface area is 124 Å². The van der Waals surface area contributed by atoms with Gasteiger partial charge in [0, 0.05) is 23.6 Å². The summed E-state index contributed by atoms with van der Waals surface area (Å²) < 4.78 is 10.0. The fraction of sp³-hybridized carbons (Fsp3) is 0.167. The number of rotatable bonds is 3. The molecule has 19 heavy (non-hydrogen) atoms. The third-order valence-corrected chi connectivity index (χ3v) is 3.13. The summed E-state index contributed by atoms with van der Waals surface area (Å²) in [6.45, 7) is 1.82. The summed E-state index contributed by atoms with van der Waals surface area (Å²) in [4.78, 5) is 10.9. The lowest BCUT2D eigenvalue weighted by atomic mass is 10.1. The van der Waals surface area contributed by atoms with Crippen molar-refractivity contribution in [3.8, 4) is 17.0 Å². The Morgan fingerprint density at radius 1 is 1.37 bits per heavy atom. The van der Waals surface area contributed by atoms with Gasteiger partial charge in [-0.3, -0.25) is 0 Å². The summed E-state index contributed by atoms with van der Waals surface area (Å²) in [7, 11) is 0. The Kier molecular flexibility index (Phi) is 4.34. The van der Waals surface area contributed by atoms with E-state index in [0.29, 0.717) is 27.8 Å². The number of ether oxygens (including phenoxy) is 1. The van der Waals surface area contributed by atoms with Crippen LogP contribution in [0.5, 0.6) is 5.75 Å². The highest BCUT2D eigenvalue weighted by Gasteiger charge is 2.23. The molecule has 2 rings (SSSR count). The van der Waals surface area contributed by atoms with E-state index < -0.39 is 5.43 Å². The summed E-state index contributed by atoms with van der Waals surface area (Å²) in [6.07, 6.45) is 0.481. The van der Waals surface area contributed by atoms with Crippen LogP contribution < -0.4 is 4.74 Å². The molecule has 0 amide bonds. The van der Waals surface area contributed by atoms with Gasteiger partial charge < -0.3 is 9.26 Å². The van der Waals surface area contributed by atoms with E-state index in [-0.39, 0.29) is 11.4 Å². The van der Waals surface area contributed by atoms with Gasteiger partial charge in [0.1, 0.15) is 0 Å². The monoisotopic (exact) mass is 319 g/mol. The van der Waals surface area contributed by atoms with Crippen LogP contribution in [0.2, 0.25) is 10.0 Å². The third kappa shape index (κ3) is 2.86. The molecule has 0 unspecified atom stereocenters. The maximum atomic E-state index is 10.9. The normalized spacial score (nSPS) is 10.5. The number of carbonyl (C=O) groups is 1. The van der Waals surface area contributed by atoms with E-state index in [4.69, 9.17) is 44.1 Å². The fourth-order valence-corrected chi connectivity index (χ4v) is 2.26. The zero-order valence-corrected chi connectivity index (χ0v) is 12.0. The molecular weight excluding hydrogens is 312 g/mol. The molecule has 100 valence electrons. The summed E-state index contributed by atoms with van der Waals surface area (Å²) in [5.74, 6) is 0.525. The summed E-state index contributed by atoms with van der Waals surface area (Å²) >= 11 is 17.4. The van der Waals surface area contributed by atoms with Gasteiger partial charge >= 0.3 is 5.43 Å². The average molecular weight is 321 g/mol. The maximum Gasteiger partial charge on any atom is 0.409 e. The summed E-state index contributed by atoms with van der Waals surface area (Å²) in [5, 5.41) is 4.59. The minimum absolute atomic E-state index is 0.137. The zero-order valence-electron chi connectivity index (χ0n) is 9.75. The van der Waals surface area contributed by atoms with Gasteiger partial charge in [-0.05, 0) is 12.1 Å². The first-order chi connectivity index (χ1) is 9.04. The molecule has 0 atom stereocenters. The van der Waals surface area contributed by atoms with Crippen molar-refractivity contribution in [1.82, 2.24) is 5.16 Å². The standard InChI is InChI=1S/C12H8Cl3NO3/c1-2-8-11(18-12(15)17)10(16-19-8)9-6(13)4-3-5-7(9)14/h3-5H,2H2,1H3. The molecule has 0 aliphatic carbocycles. The average Bonchev–Trinajstić information content (AvgIpc) is 2.71. The van der Waals surface area contributed by atoms with Gasteiger partial charge in [-0.25, -0.2) is 4.79 Å². The minimum Gasteiger partial charge on any atom is -0.408 e. The second-order valence-electron chi connectivity index (χ2n) is 3.57. The lowest BCUT2D eigenvalue weighted by Crippen LogP contribution is -1.99. The molecule has 7 heteroatoms. The molecule has 0 radical (unpaired) electrons. The van der Waals surface area contributed by atoms with Crippen LogP contribution in [0.25, 0.3) is 11.3 Å². The molecule has 0 saturated heterocycles. The Bertz CT molecular complexity index is 604. The summed E-state index contributed by atoms with van der Waals surface area (Å²) in [6, 6.07) is 4.99. The van der Waals surface area contributed by atoms with Crippen LogP contribution in [0.3, 0.4) is 0 Å². The lowest BCUT2D eigenvalue weighted by molar-refractivity contribution is 0.224. The molecule has 0 saturated carbocycles. The SMILES string of the molecule is CCc1onc(-c2c(Cl)cccc2Cl)c1OC(=O)Cl. The van der Waals surface area contributed by atoms with E-state index in [1.54, 1.807) is 18.2 Å². The second-order valence-corrected chi connectivity index (χ2v) is 4.70. The molecule has 0 N–H and O–H groups in total. The first-order valence-electron chi connectivity index (χ1n) is 5.34. The number of aromatic nitrogens is 1. The highest BCUT2D eigenvalue weighted by Crippen LogP contribution is 2.41. The van der Waals surface area contributed by atoms with Gasteiger partial charge in [-0.2, -0.15) is 0 Å². The number of nitrogens with zero attached hydrogens (tertiary/aromatic N) is 1. The molecule has 0 aliphatic rings. The molecule has 1 aromatic heterocycles. The van der Waals surface area contributed by atoms with Crippen LogP contribution in [0.4, 0.5) is 4.79 Å². The van der Waals surface area contributed by atoms with Crippen molar-refractivity contribution in [2.45, 2.75) is 13.3 Å². The quantitative estimate of drug-likeness (QED) is 0.751. The van der Waals surface area contributed by atoms with Crippen LogP contribution in [0, 0.1) is 0 Å². The molecule has 1 aromatic carbocycles. The van der Waals surface area contributed by atoms with Gasteiger partial charge in [-0.15, -0.1) is 0 Å². The van der Waals surface area contributed by atoms with Crippen molar-refractivity contribution < 1.29 is 14.1 Å². The molecular formula is C12H8Cl3NO3. The van der Waals surface area contributed by atoms with Crippen molar-refractivity contribution >= 4 is 40.2 Å². The van der Waals surface area contributed by atoms with Crippen LogP contribution in [-0.2, 0) is 6.42 Å². The maximum absolute atomic E-state index is 10.9. The van der Waals surface area contributed by atoms with Gasteiger partial charge in [0.25, 0.3) is 0 Å². The molecule has 2 aromatic rings. The first-order valence-corrected chi connectivity index (χ1v) is 6.48. The number of hydrogen-bond acceptors (Lipinski definition) is 4. The molecule has 0 spiro atoms. The molecule has 0 bridgehead atoms. The van der Waals surface area contributed by atoms with Crippen LogP contribution >= 0.6 is 34.8 Å². The van der Waals surface area contributed by atoms with Crippen molar-refractivity contribution in [1.29, 1.82) is 0 Å². The minimum atomic E-state index is -0.984. The number of halogens is 3. The smallest absolute Gasteiger partial charge is 0.408 e. The highest BCUT2D eigenvalue weighted by molar-refractivity contribution is 6.61. The van der Waals surface area contributed by atoms with Crippen LogP contribution in [0.1, 0.15) is 12.7 Å². The van der Waals surface area contributed by atoms with Crippen LogP contribution in [0.15, 0.2) is 22.7 Å². The predicted molar refractivity (Wildman–Crippen MR) is 73.2 cm³/mol. The Hall–Kier alpha value is -1.23. The van der Waals surface area contributed by atoms with Gasteiger partial charge in [0.2, 0.25) is 5.75 Å². The van der Waals surface area contributed by atoms with Crippen molar-refractivity contribution in [2.75, 3.05) is 0 Å². The zero-order chi connectivity index (χ0) is 14.0. The molecule has 4 nitrogen and oxygen atoms in total. The van der Waals surface area contributed by atoms with Crippen molar-refractivity contribution in [3.05, 3.63) is 34.0 Å². The highest BCUT2D eigenvalue weighted by atomic mass is 35.5. The number of hydrogen-bond donors (Lipinski definition) is 0. The number of aryl methyl sites for hydroxylation is 1. The summed E-state index contributed by atoms with van der Waals surface area (Å²) in [5.41, 5.74) is -0.300. The Balaban J connectivity index is 2.62. The predicted octanol–water partition coefficient (Wildman–Crippen LogP) is 4.95. The van der Waals surface area contributed by atoms with Crippen molar-refractivity contribution in [3.63, 3.8) is 0 Å². The number of carbonyl (C=O) groups excluding carboxylic acids is 1. The van der Waals surface area contributed by atoms with Crippen LogP contribution in [-0.4, -0.2) is 10.6 Å². The van der Waals surface area contributed by atoms with Gasteiger partial charge in [0.05, 0.1) is 10.0 Å². The van der Waals surface area contributed by atoms with E-state index in [1.807, 2.05) is 6.92 Å². The third-order valence-electron chi connectivity index (χ3n) is 2.42. The Morgan fingerprint density at radius 3 is 2.53 bits per heavy atom. The molecule has 0 aliphatic heterocycles. The molecule has 1 heterocycles. The topological polar surface area (TPSA) is 52.3 Å². The van der Waals surface area contributed by atoms with E-state index in [1.165, 1.54) is 0 Å². The van der Waals surface area contributed by atoms with E-state index in [2.05, 4.69) is 5.16 Å². The van der Waals surface area contributed by atoms with E-state index >= 15 is 0 Å². The number of benzene rings is 1. The Morgan fingerprint density at radius 2 is 2.00 bits per heavy atom. The van der Waals surface area contributed by atoms with E-state index in [0.717, 1.165) is 0 Å². The first kappa shape index (κ1) is 14.2. The second kappa shape index (κ2) is 5.82.